The summed E-state index contributed by atoms with van der Waals surface area (Å²) in [6.45, 7) is 3.44. The molecule has 2 unspecified atom stereocenters. The maximum absolute atomic E-state index is 10.5. The van der Waals surface area contributed by atoms with Gasteiger partial charge in [-0.15, -0.1) is 11.8 Å². The molecule has 72 valence electrons. The van der Waals surface area contributed by atoms with Crippen LogP contribution in [0.25, 0.3) is 0 Å². The molecule has 0 aliphatic carbocycles. The van der Waals surface area contributed by atoms with Gasteiger partial charge in [0.2, 0.25) is 0 Å². The van der Waals surface area contributed by atoms with Gasteiger partial charge in [0.05, 0.1) is 5.37 Å². The van der Waals surface area contributed by atoms with Crippen LogP contribution in [0.2, 0.25) is 0 Å². The summed E-state index contributed by atoms with van der Waals surface area (Å²) in [5.41, 5.74) is 9.91. The molecule has 0 heterocycles. The molecule has 5 N–H and O–H groups in total. The summed E-state index contributed by atoms with van der Waals surface area (Å²) in [5.74, 6) is -0.643. The van der Waals surface area contributed by atoms with Crippen molar-refractivity contribution in [1.29, 1.82) is 0 Å². The van der Waals surface area contributed by atoms with Crippen molar-refractivity contribution in [2.45, 2.75) is 31.2 Å². The van der Waals surface area contributed by atoms with Crippen LogP contribution in [0.4, 0.5) is 0 Å². The Morgan fingerprint density at radius 3 is 2.58 bits per heavy atom. The van der Waals surface area contributed by atoms with E-state index in [0.29, 0.717) is 5.75 Å². The van der Waals surface area contributed by atoms with Crippen LogP contribution in [0.1, 0.15) is 20.3 Å². The zero-order valence-corrected chi connectivity index (χ0v) is 8.23. The largest absolute Gasteiger partial charge is 0.480 e. The van der Waals surface area contributed by atoms with Crippen LogP contribution in [0.5, 0.6) is 0 Å². The monoisotopic (exact) mass is 192 g/mol. The first-order chi connectivity index (χ1) is 5.40. The Balaban J connectivity index is 3.83. The summed E-state index contributed by atoms with van der Waals surface area (Å²) in [7, 11) is 0. The quantitative estimate of drug-likeness (QED) is 0.542. The highest BCUT2D eigenvalue weighted by atomic mass is 32.2. The van der Waals surface area contributed by atoms with Gasteiger partial charge in [0.25, 0.3) is 0 Å². The van der Waals surface area contributed by atoms with Crippen LogP contribution in [-0.2, 0) is 4.79 Å². The fourth-order valence-electron chi connectivity index (χ4n) is 0.460. The van der Waals surface area contributed by atoms with Crippen LogP contribution in [0.3, 0.4) is 0 Å². The van der Waals surface area contributed by atoms with Gasteiger partial charge in [0.1, 0.15) is 5.54 Å². The molecule has 0 fully saturated rings. The summed E-state index contributed by atoms with van der Waals surface area (Å²) in [4.78, 5) is 10.5. The summed E-state index contributed by atoms with van der Waals surface area (Å²) in [6.07, 6.45) is 0.820. The second-order valence-corrected chi connectivity index (χ2v) is 4.21. The predicted molar refractivity (Wildman–Crippen MR) is 51.0 cm³/mol. The number of carboxylic acids is 1. The van der Waals surface area contributed by atoms with E-state index >= 15 is 0 Å². The molecule has 0 saturated carbocycles. The molecule has 0 amide bonds. The van der Waals surface area contributed by atoms with E-state index in [1.807, 2.05) is 6.92 Å². The summed E-state index contributed by atoms with van der Waals surface area (Å²) in [5, 5.41) is 8.63. The number of nitrogens with two attached hydrogens (primary N) is 2. The second-order valence-electron chi connectivity index (χ2n) is 2.98. The van der Waals surface area contributed by atoms with Gasteiger partial charge in [-0.3, -0.25) is 4.79 Å². The number of hydrogen-bond donors (Lipinski definition) is 3. The van der Waals surface area contributed by atoms with E-state index < -0.39 is 11.5 Å². The van der Waals surface area contributed by atoms with E-state index in [0.717, 1.165) is 6.42 Å². The minimum atomic E-state index is -1.17. The fourth-order valence-corrected chi connectivity index (χ4v) is 1.38. The fraction of sp³-hybridized carbons (Fsp3) is 0.857. The standard InChI is InChI=1S/C7H16N2O2S/c1-3-5(8)12-4-7(2,9)6(10)11/h5H,3-4,8-9H2,1-2H3,(H,10,11). The first-order valence-corrected chi connectivity index (χ1v) is 4.84. The van der Waals surface area contributed by atoms with E-state index in [2.05, 4.69) is 0 Å². The third-order valence-corrected chi connectivity index (χ3v) is 3.02. The molecule has 2 atom stereocenters. The molecular formula is C7H16N2O2S. The van der Waals surface area contributed by atoms with Crippen LogP contribution in [-0.4, -0.2) is 27.7 Å². The molecule has 0 rings (SSSR count). The Morgan fingerprint density at radius 2 is 2.25 bits per heavy atom. The molecule has 0 saturated heterocycles. The van der Waals surface area contributed by atoms with Crippen molar-refractivity contribution < 1.29 is 9.90 Å². The van der Waals surface area contributed by atoms with Crippen LogP contribution < -0.4 is 11.5 Å². The molecule has 0 radical (unpaired) electrons. The third-order valence-electron chi connectivity index (χ3n) is 1.49. The molecular weight excluding hydrogens is 176 g/mol. The van der Waals surface area contributed by atoms with E-state index in [1.165, 1.54) is 18.7 Å². The minimum Gasteiger partial charge on any atom is -0.480 e. The number of rotatable bonds is 5. The lowest BCUT2D eigenvalue weighted by Gasteiger charge is -2.20. The van der Waals surface area contributed by atoms with E-state index in [9.17, 15) is 4.79 Å². The zero-order valence-electron chi connectivity index (χ0n) is 7.41. The highest BCUT2D eigenvalue weighted by Crippen LogP contribution is 2.15. The van der Waals surface area contributed by atoms with Gasteiger partial charge in [-0.1, -0.05) is 6.92 Å². The molecule has 0 aromatic carbocycles. The predicted octanol–water partition coefficient (Wildman–Crippen LogP) is 0.216. The molecule has 0 aromatic heterocycles. The molecule has 0 aliphatic heterocycles. The minimum absolute atomic E-state index is 0.0211. The Labute approximate surface area is 76.7 Å². The van der Waals surface area contributed by atoms with Gasteiger partial charge in [-0.2, -0.15) is 0 Å². The van der Waals surface area contributed by atoms with Crippen molar-refractivity contribution in [3.05, 3.63) is 0 Å². The lowest BCUT2D eigenvalue weighted by molar-refractivity contribution is -0.141. The Kier molecular flexibility index (Phi) is 4.59. The lowest BCUT2D eigenvalue weighted by Crippen LogP contribution is -2.47. The first kappa shape index (κ1) is 11.7. The molecule has 4 nitrogen and oxygen atoms in total. The average molecular weight is 192 g/mol. The van der Waals surface area contributed by atoms with E-state index in [4.69, 9.17) is 16.6 Å². The molecule has 0 aromatic rings. The topological polar surface area (TPSA) is 89.3 Å². The van der Waals surface area contributed by atoms with Crippen molar-refractivity contribution in [1.82, 2.24) is 0 Å². The zero-order chi connectivity index (χ0) is 9.78. The Hall–Kier alpha value is -0.260. The smallest absolute Gasteiger partial charge is 0.324 e. The summed E-state index contributed by atoms with van der Waals surface area (Å²) >= 11 is 1.38. The van der Waals surface area contributed by atoms with Gasteiger partial charge in [0.15, 0.2) is 0 Å². The third kappa shape index (κ3) is 3.94. The van der Waals surface area contributed by atoms with Crippen LogP contribution in [0.15, 0.2) is 0 Å². The normalized spacial score (nSPS) is 18.3. The first-order valence-electron chi connectivity index (χ1n) is 3.79. The van der Waals surface area contributed by atoms with Gasteiger partial charge in [-0.25, -0.2) is 0 Å². The number of carbonyl (C=O) groups is 1. The average Bonchev–Trinajstić information content (AvgIpc) is 2.00. The van der Waals surface area contributed by atoms with Crippen LogP contribution in [0, 0.1) is 0 Å². The highest BCUT2D eigenvalue weighted by molar-refractivity contribution is 7.99. The number of thioether (sulfide) groups is 1. The van der Waals surface area contributed by atoms with Crippen LogP contribution >= 0.6 is 11.8 Å². The summed E-state index contributed by atoms with van der Waals surface area (Å²) in [6, 6.07) is 0. The van der Waals surface area contributed by atoms with Crippen molar-refractivity contribution >= 4 is 17.7 Å². The Bertz CT molecular complexity index is 161. The SMILES string of the molecule is CCC(N)SCC(C)(N)C(=O)O. The van der Waals surface area contributed by atoms with Gasteiger partial charge >= 0.3 is 5.97 Å². The van der Waals surface area contributed by atoms with Crippen molar-refractivity contribution in [3.63, 3.8) is 0 Å². The molecule has 12 heavy (non-hydrogen) atoms. The van der Waals surface area contributed by atoms with Gasteiger partial charge < -0.3 is 16.6 Å². The second kappa shape index (κ2) is 4.69. The van der Waals surface area contributed by atoms with Crippen molar-refractivity contribution in [2.75, 3.05) is 5.75 Å². The molecule has 5 heteroatoms. The highest BCUT2D eigenvalue weighted by Gasteiger charge is 2.28. The van der Waals surface area contributed by atoms with E-state index in [-0.39, 0.29) is 5.37 Å². The van der Waals surface area contributed by atoms with Gasteiger partial charge in [-0.05, 0) is 13.3 Å². The lowest BCUT2D eigenvalue weighted by atomic mass is 10.1. The summed E-state index contributed by atoms with van der Waals surface area (Å²) < 4.78 is 0. The van der Waals surface area contributed by atoms with Gasteiger partial charge in [0, 0.05) is 5.75 Å². The molecule has 0 spiro atoms. The Morgan fingerprint density at radius 1 is 1.75 bits per heavy atom. The van der Waals surface area contributed by atoms with Crippen molar-refractivity contribution in [3.8, 4) is 0 Å². The van der Waals surface area contributed by atoms with Crippen molar-refractivity contribution in [2.24, 2.45) is 11.5 Å². The maximum atomic E-state index is 10.5. The molecule has 0 aliphatic rings. The molecule has 0 bridgehead atoms. The number of hydrogen-bond acceptors (Lipinski definition) is 4. The van der Waals surface area contributed by atoms with E-state index in [1.54, 1.807) is 0 Å². The number of aliphatic carboxylic acids is 1. The number of carboxylic acid groups (broad SMARTS) is 1. The maximum Gasteiger partial charge on any atom is 0.324 e.